The topological polar surface area (TPSA) is 39.3 Å². The molecule has 0 fully saturated rings. The molecule has 0 spiro atoms. The molecule has 2 heterocycles. The van der Waals surface area contributed by atoms with Crippen molar-refractivity contribution in [3.8, 4) is 22.4 Å². The van der Waals surface area contributed by atoms with E-state index in [-0.39, 0.29) is 5.56 Å². The van der Waals surface area contributed by atoms with E-state index in [2.05, 4.69) is 12.1 Å². The van der Waals surface area contributed by atoms with Gasteiger partial charge in [-0.3, -0.25) is 9.36 Å². The summed E-state index contributed by atoms with van der Waals surface area (Å²) in [4.78, 5) is 12.9. The van der Waals surface area contributed by atoms with Crippen LogP contribution in [-0.4, -0.2) is 14.2 Å². The maximum Gasteiger partial charge on any atom is 0.261 e. The SMILES string of the molecule is Cn1c(=O)c2ccc(-c3ccccc3)cc2n2nc(-c3ccc(Cl)cc3)cc12. The fourth-order valence-electron chi connectivity index (χ4n) is 3.53. The lowest BCUT2D eigenvalue weighted by molar-refractivity contribution is 0.850. The van der Waals surface area contributed by atoms with Crippen LogP contribution >= 0.6 is 11.6 Å². The highest BCUT2D eigenvalue weighted by atomic mass is 35.5. The van der Waals surface area contributed by atoms with Gasteiger partial charge in [-0.2, -0.15) is 5.10 Å². The van der Waals surface area contributed by atoms with Crippen LogP contribution in [0.1, 0.15) is 0 Å². The molecular formula is C23H16ClN3O. The summed E-state index contributed by atoms with van der Waals surface area (Å²) in [6, 6.07) is 25.5. The number of rotatable bonds is 2. The second-order valence-corrected chi connectivity index (χ2v) is 7.21. The van der Waals surface area contributed by atoms with Crippen LogP contribution in [0.15, 0.2) is 83.7 Å². The minimum atomic E-state index is -0.0373. The van der Waals surface area contributed by atoms with E-state index >= 15 is 0 Å². The van der Waals surface area contributed by atoms with Crippen molar-refractivity contribution in [2.75, 3.05) is 0 Å². The molecule has 28 heavy (non-hydrogen) atoms. The zero-order chi connectivity index (χ0) is 19.3. The number of halogens is 1. The van der Waals surface area contributed by atoms with E-state index in [1.165, 1.54) is 0 Å². The number of aromatic nitrogens is 3. The zero-order valence-corrected chi connectivity index (χ0v) is 15.9. The average molecular weight is 386 g/mol. The Hall–Kier alpha value is -3.37. The van der Waals surface area contributed by atoms with Gasteiger partial charge in [-0.05, 0) is 35.4 Å². The van der Waals surface area contributed by atoms with Crippen LogP contribution in [0, 0.1) is 0 Å². The minimum absolute atomic E-state index is 0.0373. The van der Waals surface area contributed by atoms with E-state index in [9.17, 15) is 4.79 Å². The number of hydrogen-bond acceptors (Lipinski definition) is 2. The Morgan fingerprint density at radius 2 is 1.54 bits per heavy atom. The van der Waals surface area contributed by atoms with Crippen molar-refractivity contribution in [2.24, 2.45) is 7.05 Å². The van der Waals surface area contributed by atoms with Crippen molar-refractivity contribution < 1.29 is 0 Å². The highest BCUT2D eigenvalue weighted by Crippen LogP contribution is 2.26. The summed E-state index contributed by atoms with van der Waals surface area (Å²) in [6.45, 7) is 0. The van der Waals surface area contributed by atoms with Gasteiger partial charge in [0.2, 0.25) is 0 Å². The van der Waals surface area contributed by atoms with Gasteiger partial charge in [0.25, 0.3) is 5.56 Å². The van der Waals surface area contributed by atoms with Crippen LogP contribution in [0.4, 0.5) is 0 Å². The Balaban J connectivity index is 1.81. The second kappa shape index (κ2) is 6.36. The molecule has 0 N–H and O–H groups in total. The largest absolute Gasteiger partial charge is 0.296 e. The predicted octanol–water partition coefficient (Wildman–Crippen LogP) is 5.17. The second-order valence-electron chi connectivity index (χ2n) is 6.77. The van der Waals surface area contributed by atoms with Crippen molar-refractivity contribution in [1.82, 2.24) is 14.2 Å². The lowest BCUT2D eigenvalue weighted by atomic mass is 10.0. The van der Waals surface area contributed by atoms with Crippen molar-refractivity contribution in [2.45, 2.75) is 0 Å². The highest BCUT2D eigenvalue weighted by molar-refractivity contribution is 6.30. The number of nitrogens with zero attached hydrogens (tertiary/aromatic N) is 3. The average Bonchev–Trinajstić information content (AvgIpc) is 3.19. The third-order valence-corrected chi connectivity index (χ3v) is 5.29. The monoisotopic (exact) mass is 385 g/mol. The molecule has 0 amide bonds. The maximum atomic E-state index is 12.9. The minimum Gasteiger partial charge on any atom is -0.296 e. The van der Waals surface area contributed by atoms with Crippen molar-refractivity contribution in [1.29, 1.82) is 0 Å². The van der Waals surface area contributed by atoms with Gasteiger partial charge in [-0.25, -0.2) is 4.52 Å². The summed E-state index contributed by atoms with van der Waals surface area (Å²) < 4.78 is 3.48. The molecular weight excluding hydrogens is 370 g/mol. The molecule has 5 rings (SSSR count). The molecule has 0 saturated heterocycles. The molecule has 0 aliphatic heterocycles. The van der Waals surface area contributed by atoms with Gasteiger partial charge < -0.3 is 0 Å². The number of hydrogen-bond donors (Lipinski definition) is 0. The van der Waals surface area contributed by atoms with Gasteiger partial charge in [0.15, 0.2) is 0 Å². The smallest absolute Gasteiger partial charge is 0.261 e. The Bertz CT molecular complexity index is 1380. The first-order valence-electron chi connectivity index (χ1n) is 8.96. The summed E-state index contributed by atoms with van der Waals surface area (Å²) in [5, 5.41) is 6.11. The van der Waals surface area contributed by atoms with E-state index in [0.29, 0.717) is 10.4 Å². The molecule has 5 aromatic rings. The van der Waals surface area contributed by atoms with Crippen LogP contribution in [-0.2, 0) is 7.05 Å². The predicted molar refractivity (Wildman–Crippen MR) is 114 cm³/mol. The number of aryl methyl sites for hydroxylation is 1. The van der Waals surface area contributed by atoms with Crippen LogP contribution < -0.4 is 5.56 Å². The first-order valence-corrected chi connectivity index (χ1v) is 9.33. The van der Waals surface area contributed by atoms with Gasteiger partial charge in [0, 0.05) is 23.7 Å². The van der Waals surface area contributed by atoms with Gasteiger partial charge in [0.1, 0.15) is 5.65 Å². The van der Waals surface area contributed by atoms with Crippen LogP contribution in [0.25, 0.3) is 38.9 Å². The van der Waals surface area contributed by atoms with Crippen LogP contribution in [0.3, 0.4) is 0 Å². The summed E-state index contributed by atoms with van der Waals surface area (Å²) in [5.74, 6) is 0. The first-order chi connectivity index (χ1) is 13.6. The van der Waals surface area contributed by atoms with E-state index in [4.69, 9.17) is 16.7 Å². The molecule has 136 valence electrons. The summed E-state index contributed by atoms with van der Waals surface area (Å²) in [5.41, 5.74) is 5.39. The van der Waals surface area contributed by atoms with E-state index in [0.717, 1.165) is 33.5 Å². The summed E-state index contributed by atoms with van der Waals surface area (Å²) in [7, 11) is 1.77. The lowest BCUT2D eigenvalue weighted by Gasteiger charge is -2.08. The molecule has 5 heteroatoms. The van der Waals surface area contributed by atoms with E-state index in [1.54, 1.807) is 11.6 Å². The number of benzene rings is 3. The van der Waals surface area contributed by atoms with E-state index < -0.39 is 0 Å². The molecule has 3 aromatic carbocycles. The highest BCUT2D eigenvalue weighted by Gasteiger charge is 2.13. The van der Waals surface area contributed by atoms with Crippen molar-refractivity contribution in [3.63, 3.8) is 0 Å². The Morgan fingerprint density at radius 1 is 0.821 bits per heavy atom. The third-order valence-electron chi connectivity index (χ3n) is 5.04. The number of fused-ring (bicyclic) bond motifs is 3. The zero-order valence-electron chi connectivity index (χ0n) is 15.1. The summed E-state index contributed by atoms with van der Waals surface area (Å²) in [6.07, 6.45) is 0. The van der Waals surface area contributed by atoms with Gasteiger partial charge in [-0.1, -0.05) is 60.1 Å². The molecule has 0 saturated carbocycles. The Morgan fingerprint density at radius 3 is 2.29 bits per heavy atom. The molecule has 2 aromatic heterocycles. The van der Waals surface area contributed by atoms with Gasteiger partial charge >= 0.3 is 0 Å². The fraction of sp³-hybridized carbons (Fsp3) is 0.0435. The summed E-state index contributed by atoms with van der Waals surface area (Å²) >= 11 is 6.01. The molecule has 4 nitrogen and oxygen atoms in total. The van der Waals surface area contributed by atoms with E-state index in [1.807, 2.05) is 71.2 Å². The molecule has 0 bridgehead atoms. The first kappa shape index (κ1) is 16.8. The lowest BCUT2D eigenvalue weighted by Crippen LogP contribution is -2.19. The van der Waals surface area contributed by atoms with Crippen molar-refractivity contribution >= 4 is 28.2 Å². The molecule has 0 aliphatic carbocycles. The normalized spacial score (nSPS) is 11.4. The molecule has 0 aliphatic rings. The quantitative estimate of drug-likeness (QED) is 0.420. The standard InChI is InChI=1S/C23H16ClN3O/c1-26-22-14-20(16-7-10-18(24)11-8-16)25-27(22)21-13-17(9-12-19(21)23(26)28)15-5-3-2-4-6-15/h2-14H,1H3. The third kappa shape index (κ3) is 2.62. The Kier molecular flexibility index (Phi) is 3.81. The fourth-order valence-corrected chi connectivity index (χ4v) is 3.66. The van der Waals surface area contributed by atoms with Crippen LogP contribution in [0.5, 0.6) is 0 Å². The van der Waals surface area contributed by atoms with Gasteiger partial charge in [0.05, 0.1) is 16.6 Å². The Labute approximate surface area is 166 Å². The molecule has 0 atom stereocenters. The van der Waals surface area contributed by atoms with Gasteiger partial charge in [-0.15, -0.1) is 0 Å². The van der Waals surface area contributed by atoms with Crippen molar-refractivity contribution in [3.05, 3.63) is 94.2 Å². The molecule has 0 radical (unpaired) electrons. The maximum absolute atomic E-state index is 12.9. The van der Waals surface area contributed by atoms with Crippen LogP contribution in [0.2, 0.25) is 5.02 Å². The molecule has 0 unspecified atom stereocenters.